The fourth-order valence-electron chi connectivity index (χ4n) is 1.42. The summed E-state index contributed by atoms with van der Waals surface area (Å²) in [6.45, 7) is 1.77. The number of thiophene rings is 1. The Bertz CT molecular complexity index is 698. The van der Waals surface area contributed by atoms with Gasteiger partial charge in [-0.3, -0.25) is 4.72 Å². The summed E-state index contributed by atoms with van der Waals surface area (Å²) < 4.78 is 31.9. The van der Waals surface area contributed by atoms with E-state index in [1.54, 1.807) is 30.5 Å². The molecular weight excluding hydrogens is 308 g/mol. The van der Waals surface area contributed by atoms with Crippen LogP contribution in [-0.4, -0.2) is 20.5 Å². The van der Waals surface area contributed by atoms with Gasteiger partial charge in [0.15, 0.2) is 9.36 Å². The Balaban J connectivity index is 2.37. The highest BCUT2D eigenvalue weighted by Crippen LogP contribution is 2.32. The largest absolute Gasteiger partial charge is 0.494 e. The van der Waals surface area contributed by atoms with E-state index in [4.69, 9.17) is 16.3 Å². The number of hydrogen-bond acceptors (Lipinski definition) is 5. The summed E-state index contributed by atoms with van der Waals surface area (Å²) in [5, 5.41) is 1.75. The van der Waals surface area contributed by atoms with Gasteiger partial charge in [0.1, 0.15) is 5.75 Å². The second-order valence-corrected chi connectivity index (χ2v) is 6.82. The van der Waals surface area contributed by atoms with Crippen LogP contribution >= 0.6 is 22.9 Å². The van der Waals surface area contributed by atoms with E-state index in [-0.39, 0.29) is 15.0 Å². The van der Waals surface area contributed by atoms with Crippen molar-refractivity contribution < 1.29 is 13.2 Å². The van der Waals surface area contributed by atoms with Crippen LogP contribution in [0, 0.1) is 6.92 Å². The molecule has 0 radical (unpaired) electrons. The van der Waals surface area contributed by atoms with Gasteiger partial charge in [0.05, 0.1) is 12.8 Å². The Morgan fingerprint density at radius 1 is 1.37 bits per heavy atom. The van der Waals surface area contributed by atoms with E-state index in [0.717, 1.165) is 11.3 Å². The van der Waals surface area contributed by atoms with Gasteiger partial charge in [-0.25, -0.2) is 13.4 Å². The van der Waals surface area contributed by atoms with Crippen molar-refractivity contribution in [1.29, 1.82) is 0 Å². The lowest BCUT2D eigenvalue weighted by Gasteiger charge is -2.09. The lowest BCUT2D eigenvalue weighted by atomic mass is 10.3. The quantitative estimate of drug-likeness (QED) is 0.880. The molecule has 0 bridgehead atoms. The molecule has 19 heavy (non-hydrogen) atoms. The minimum Gasteiger partial charge on any atom is -0.494 e. The van der Waals surface area contributed by atoms with Gasteiger partial charge >= 0.3 is 0 Å². The molecule has 2 heterocycles. The molecule has 0 aliphatic rings. The minimum atomic E-state index is -3.73. The molecule has 0 atom stereocenters. The summed E-state index contributed by atoms with van der Waals surface area (Å²) >= 11 is 6.98. The number of aromatic nitrogens is 1. The minimum absolute atomic E-state index is 0.103. The molecule has 8 heteroatoms. The highest BCUT2D eigenvalue weighted by Gasteiger charge is 2.22. The van der Waals surface area contributed by atoms with Crippen LogP contribution in [0.3, 0.4) is 0 Å². The van der Waals surface area contributed by atoms with E-state index in [1.165, 1.54) is 7.11 Å². The molecule has 102 valence electrons. The molecular formula is C11H11ClN2O3S2. The number of rotatable bonds is 4. The van der Waals surface area contributed by atoms with Gasteiger partial charge in [0, 0.05) is 5.69 Å². The Labute approximate surface area is 120 Å². The summed E-state index contributed by atoms with van der Waals surface area (Å²) in [4.78, 5) is 3.99. The zero-order valence-corrected chi connectivity index (χ0v) is 12.6. The number of ether oxygens (including phenoxy) is 1. The SMILES string of the molecule is COc1ccsc1S(=O)(=O)Nc1ccc(C)nc1Cl. The topological polar surface area (TPSA) is 68.3 Å². The van der Waals surface area contributed by atoms with E-state index < -0.39 is 10.0 Å². The van der Waals surface area contributed by atoms with Crippen molar-refractivity contribution in [3.8, 4) is 5.75 Å². The molecule has 2 rings (SSSR count). The normalized spacial score (nSPS) is 11.3. The van der Waals surface area contributed by atoms with Crippen LogP contribution in [0.5, 0.6) is 5.75 Å². The van der Waals surface area contributed by atoms with E-state index in [9.17, 15) is 8.42 Å². The number of nitrogens with zero attached hydrogens (tertiary/aromatic N) is 1. The van der Waals surface area contributed by atoms with Crippen molar-refractivity contribution in [3.63, 3.8) is 0 Å². The van der Waals surface area contributed by atoms with Gasteiger partial charge < -0.3 is 4.74 Å². The Hall–Kier alpha value is -1.31. The Morgan fingerprint density at radius 3 is 2.74 bits per heavy atom. The molecule has 5 nitrogen and oxygen atoms in total. The van der Waals surface area contributed by atoms with Crippen LogP contribution in [0.1, 0.15) is 5.69 Å². The van der Waals surface area contributed by atoms with Crippen LogP contribution in [-0.2, 0) is 10.0 Å². The summed E-state index contributed by atoms with van der Waals surface area (Å²) in [5.74, 6) is 0.300. The van der Waals surface area contributed by atoms with Gasteiger partial charge in [0.2, 0.25) is 0 Å². The maximum Gasteiger partial charge on any atom is 0.275 e. The summed E-state index contributed by atoms with van der Waals surface area (Å²) in [6, 6.07) is 4.84. The van der Waals surface area contributed by atoms with Crippen LogP contribution in [0.2, 0.25) is 5.15 Å². The van der Waals surface area contributed by atoms with Crippen molar-refractivity contribution >= 4 is 38.6 Å². The van der Waals surface area contributed by atoms with Gasteiger partial charge in [-0.05, 0) is 30.5 Å². The Morgan fingerprint density at radius 2 is 2.11 bits per heavy atom. The fraction of sp³-hybridized carbons (Fsp3) is 0.182. The van der Waals surface area contributed by atoms with Gasteiger partial charge in [-0.15, -0.1) is 11.3 Å². The number of aryl methyl sites for hydroxylation is 1. The van der Waals surface area contributed by atoms with Gasteiger partial charge in [-0.2, -0.15) is 0 Å². The van der Waals surface area contributed by atoms with E-state index >= 15 is 0 Å². The monoisotopic (exact) mass is 318 g/mol. The molecule has 0 saturated heterocycles. The number of nitrogens with one attached hydrogen (secondary N) is 1. The average molecular weight is 319 g/mol. The second-order valence-electron chi connectivity index (χ2n) is 3.67. The van der Waals surface area contributed by atoms with Crippen LogP contribution in [0.25, 0.3) is 0 Å². The Kier molecular flexibility index (Phi) is 3.98. The lowest BCUT2D eigenvalue weighted by Crippen LogP contribution is -2.13. The zero-order valence-electron chi connectivity index (χ0n) is 10.2. The molecule has 0 amide bonds. The highest BCUT2D eigenvalue weighted by molar-refractivity contribution is 7.94. The second kappa shape index (κ2) is 5.36. The fourth-order valence-corrected chi connectivity index (χ4v) is 4.07. The molecule has 0 aliphatic heterocycles. The van der Waals surface area contributed by atoms with Crippen LogP contribution in [0.15, 0.2) is 27.8 Å². The first-order valence-corrected chi connectivity index (χ1v) is 7.95. The number of sulfonamides is 1. The third-order valence-electron chi connectivity index (χ3n) is 2.29. The molecule has 0 fully saturated rings. The number of halogens is 1. The molecule has 0 saturated carbocycles. The van der Waals surface area contributed by atoms with Crippen molar-refractivity contribution in [2.75, 3.05) is 11.8 Å². The van der Waals surface area contributed by atoms with Crippen molar-refractivity contribution in [1.82, 2.24) is 4.98 Å². The van der Waals surface area contributed by atoms with Crippen molar-refractivity contribution in [2.45, 2.75) is 11.1 Å². The molecule has 0 aliphatic carbocycles. The number of methoxy groups -OCH3 is 1. The maximum atomic E-state index is 12.2. The van der Waals surface area contributed by atoms with E-state index in [0.29, 0.717) is 11.4 Å². The molecule has 1 N–H and O–H groups in total. The molecule has 0 spiro atoms. The summed E-state index contributed by atoms with van der Waals surface area (Å²) in [7, 11) is -2.31. The third-order valence-corrected chi connectivity index (χ3v) is 5.39. The third kappa shape index (κ3) is 2.99. The molecule has 0 aromatic carbocycles. The van der Waals surface area contributed by atoms with Gasteiger partial charge in [-0.1, -0.05) is 11.6 Å². The first-order valence-electron chi connectivity index (χ1n) is 5.21. The number of anilines is 1. The average Bonchev–Trinajstić information content (AvgIpc) is 2.82. The van der Waals surface area contributed by atoms with Crippen molar-refractivity contribution in [3.05, 3.63) is 34.4 Å². The first kappa shape index (κ1) is 14.1. The smallest absolute Gasteiger partial charge is 0.275 e. The molecule has 2 aromatic heterocycles. The summed E-state index contributed by atoms with van der Waals surface area (Å²) in [6.07, 6.45) is 0. The summed E-state index contributed by atoms with van der Waals surface area (Å²) in [5.41, 5.74) is 0.948. The van der Waals surface area contributed by atoms with E-state index in [2.05, 4.69) is 9.71 Å². The highest BCUT2D eigenvalue weighted by atomic mass is 35.5. The predicted molar refractivity (Wildman–Crippen MR) is 75.7 cm³/mol. The maximum absolute atomic E-state index is 12.2. The van der Waals surface area contributed by atoms with Gasteiger partial charge in [0.25, 0.3) is 10.0 Å². The first-order chi connectivity index (χ1) is 8.94. The number of hydrogen-bond donors (Lipinski definition) is 1. The zero-order chi connectivity index (χ0) is 14.0. The predicted octanol–water partition coefficient (Wildman–Crippen LogP) is 2.91. The molecule has 2 aromatic rings. The van der Waals surface area contributed by atoms with Crippen LogP contribution in [0.4, 0.5) is 5.69 Å². The van der Waals surface area contributed by atoms with Crippen molar-refractivity contribution in [2.24, 2.45) is 0 Å². The number of pyridine rings is 1. The van der Waals surface area contributed by atoms with E-state index in [1.807, 2.05) is 0 Å². The molecule has 0 unspecified atom stereocenters. The van der Waals surface area contributed by atoms with Crippen LogP contribution < -0.4 is 9.46 Å². The standard InChI is InChI=1S/C11H11ClN2O3S2/c1-7-3-4-8(10(12)13-7)14-19(15,16)11-9(17-2)5-6-18-11/h3-6,14H,1-2H3. The lowest BCUT2D eigenvalue weighted by molar-refractivity contribution is 0.406.